The molecule has 4 rings (SSSR count). The molecule has 0 spiro atoms. The first kappa shape index (κ1) is 18.8. The molecule has 28 heavy (non-hydrogen) atoms. The summed E-state index contributed by atoms with van der Waals surface area (Å²) in [6.07, 6.45) is 4.85. The van der Waals surface area contributed by atoms with E-state index in [1.165, 1.54) is 16.7 Å². The SMILES string of the molecule is CCc1ncc(CN2CCN(C(c3ccccc3)c3ccccc3)CC2)cn1. The molecule has 1 aliphatic rings. The summed E-state index contributed by atoms with van der Waals surface area (Å²) in [7, 11) is 0. The number of nitrogens with zero attached hydrogens (tertiary/aromatic N) is 4. The van der Waals surface area contributed by atoms with Gasteiger partial charge in [-0.25, -0.2) is 9.97 Å². The van der Waals surface area contributed by atoms with Crippen LogP contribution in [-0.2, 0) is 13.0 Å². The van der Waals surface area contributed by atoms with Crippen molar-refractivity contribution in [1.29, 1.82) is 0 Å². The van der Waals surface area contributed by atoms with Gasteiger partial charge in [0, 0.05) is 57.1 Å². The van der Waals surface area contributed by atoms with Crippen molar-refractivity contribution in [2.24, 2.45) is 0 Å². The standard InChI is InChI=1S/C24H28N4/c1-2-23-25-17-20(18-26-23)19-27-13-15-28(16-14-27)24(21-9-5-3-6-10-21)22-11-7-4-8-12-22/h3-12,17-18,24H,2,13-16,19H2,1H3. The lowest BCUT2D eigenvalue weighted by molar-refractivity contribution is 0.104. The van der Waals surface area contributed by atoms with Gasteiger partial charge in [-0.2, -0.15) is 0 Å². The minimum atomic E-state index is 0.316. The molecule has 144 valence electrons. The molecule has 3 aromatic rings. The van der Waals surface area contributed by atoms with E-state index in [9.17, 15) is 0 Å². The van der Waals surface area contributed by atoms with Crippen molar-refractivity contribution in [3.05, 3.63) is 95.6 Å². The third-order valence-corrected chi connectivity index (χ3v) is 5.48. The second kappa shape index (κ2) is 9.09. The zero-order chi connectivity index (χ0) is 19.2. The van der Waals surface area contributed by atoms with Gasteiger partial charge in [-0.15, -0.1) is 0 Å². The quantitative estimate of drug-likeness (QED) is 0.656. The Morgan fingerprint density at radius 1 is 0.786 bits per heavy atom. The molecule has 0 saturated carbocycles. The van der Waals surface area contributed by atoms with E-state index in [1.807, 2.05) is 12.4 Å². The Labute approximate surface area is 167 Å². The van der Waals surface area contributed by atoms with Crippen molar-refractivity contribution in [1.82, 2.24) is 19.8 Å². The van der Waals surface area contributed by atoms with Gasteiger partial charge in [0.15, 0.2) is 0 Å². The molecular weight excluding hydrogens is 344 g/mol. The summed E-state index contributed by atoms with van der Waals surface area (Å²) in [5.41, 5.74) is 3.93. The van der Waals surface area contributed by atoms with E-state index in [0.29, 0.717) is 6.04 Å². The zero-order valence-corrected chi connectivity index (χ0v) is 16.5. The summed E-state index contributed by atoms with van der Waals surface area (Å²) < 4.78 is 0. The van der Waals surface area contributed by atoms with Gasteiger partial charge in [0.05, 0.1) is 6.04 Å². The molecule has 1 fully saturated rings. The molecule has 0 amide bonds. The van der Waals surface area contributed by atoms with Crippen LogP contribution in [0.3, 0.4) is 0 Å². The third kappa shape index (κ3) is 4.46. The zero-order valence-electron chi connectivity index (χ0n) is 16.5. The first-order valence-corrected chi connectivity index (χ1v) is 10.2. The highest BCUT2D eigenvalue weighted by atomic mass is 15.3. The number of piperazine rings is 1. The monoisotopic (exact) mass is 372 g/mol. The van der Waals surface area contributed by atoms with Crippen molar-refractivity contribution >= 4 is 0 Å². The first-order chi connectivity index (χ1) is 13.8. The number of benzene rings is 2. The van der Waals surface area contributed by atoms with E-state index in [1.54, 1.807) is 0 Å². The normalized spacial score (nSPS) is 15.8. The van der Waals surface area contributed by atoms with E-state index in [2.05, 4.69) is 87.4 Å². The maximum atomic E-state index is 4.44. The molecule has 0 radical (unpaired) electrons. The molecule has 1 aliphatic heterocycles. The molecule has 4 nitrogen and oxygen atoms in total. The van der Waals surface area contributed by atoms with Crippen molar-refractivity contribution in [2.45, 2.75) is 25.9 Å². The number of hydrogen-bond acceptors (Lipinski definition) is 4. The fourth-order valence-corrected chi connectivity index (χ4v) is 3.97. The van der Waals surface area contributed by atoms with Crippen LogP contribution in [-0.4, -0.2) is 45.9 Å². The van der Waals surface area contributed by atoms with Crippen LogP contribution < -0.4 is 0 Å². The van der Waals surface area contributed by atoms with E-state index in [4.69, 9.17) is 0 Å². The van der Waals surface area contributed by atoms with E-state index in [-0.39, 0.29) is 0 Å². The van der Waals surface area contributed by atoms with Crippen molar-refractivity contribution in [2.75, 3.05) is 26.2 Å². The second-order valence-electron chi connectivity index (χ2n) is 7.40. The first-order valence-electron chi connectivity index (χ1n) is 10.2. The summed E-state index contributed by atoms with van der Waals surface area (Å²) in [4.78, 5) is 14.0. The number of aryl methyl sites for hydroxylation is 1. The smallest absolute Gasteiger partial charge is 0.127 e. The van der Waals surface area contributed by atoms with Crippen LogP contribution in [0.2, 0.25) is 0 Å². The van der Waals surface area contributed by atoms with Gasteiger partial charge in [0.1, 0.15) is 5.82 Å². The van der Waals surface area contributed by atoms with E-state index < -0.39 is 0 Å². The van der Waals surface area contributed by atoms with Crippen LogP contribution in [0.1, 0.15) is 35.5 Å². The van der Waals surface area contributed by atoms with Gasteiger partial charge >= 0.3 is 0 Å². The van der Waals surface area contributed by atoms with Gasteiger partial charge < -0.3 is 0 Å². The predicted octanol–water partition coefficient (Wildman–Crippen LogP) is 3.95. The summed E-state index contributed by atoms with van der Waals surface area (Å²) in [6.45, 7) is 7.26. The molecule has 1 aromatic heterocycles. The molecule has 2 aromatic carbocycles. The highest BCUT2D eigenvalue weighted by molar-refractivity contribution is 5.32. The molecule has 0 atom stereocenters. The Hall–Kier alpha value is -2.56. The largest absolute Gasteiger partial charge is 0.296 e. The maximum Gasteiger partial charge on any atom is 0.127 e. The summed E-state index contributed by atoms with van der Waals surface area (Å²) in [5, 5.41) is 0. The molecule has 0 unspecified atom stereocenters. The van der Waals surface area contributed by atoms with Crippen molar-refractivity contribution in [3.63, 3.8) is 0 Å². The Kier molecular flexibility index (Phi) is 6.10. The minimum absolute atomic E-state index is 0.316. The Bertz CT molecular complexity index is 801. The van der Waals surface area contributed by atoms with Crippen LogP contribution in [0.15, 0.2) is 73.1 Å². The van der Waals surface area contributed by atoms with Crippen molar-refractivity contribution in [3.8, 4) is 0 Å². The summed E-state index contributed by atoms with van der Waals surface area (Å²) >= 11 is 0. The fourth-order valence-electron chi connectivity index (χ4n) is 3.97. The third-order valence-electron chi connectivity index (χ3n) is 5.48. The minimum Gasteiger partial charge on any atom is -0.296 e. The van der Waals surface area contributed by atoms with Crippen LogP contribution >= 0.6 is 0 Å². The highest BCUT2D eigenvalue weighted by Crippen LogP contribution is 2.29. The number of aromatic nitrogens is 2. The van der Waals surface area contributed by atoms with E-state index in [0.717, 1.165) is 45.0 Å². The van der Waals surface area contributed by atoms with Crippen LogP contribution in [0, 0.1) is 0 Å². The predicted molar refractivity (Wildman–Crippen MR) is 113 cm³/mol. The fraction of sp³-hybridized carbons (Fsp3) is 0.333. The lowest BCUT2D eigenvalue weighted by Crippen LogP contribution is -2.47. The summed E-state index contributed by atoms with van der Waals surface area (Å²) in [6, 6.07) is 22.0. The van der Waals surface area contributed by atoms with Crippen LogP contribution in [0.25, 0.3) is 0 Å². The van der Waals surface area contributed by atoms with E-state index >= 15 is 0 Å². The van der Waals surface area contributed by atoms with Crippen LogP contribution in [0.4, 0.5) is 0 Å². The number of hydrogen-bond donors (Lipinski definition) is 0. The molecule has 4 heteroatoms. The number of rotatable bonds is 6. The molecule has 2 heterocycles. The van der Waals surface area contributed by atoms with Gasteiger partial charge in [0.25, 0.3) is 0 Å². The Balaban J connectivity index is 1.44. The lowest BCUT2D eigenvalue weighted by Gasteiger charge is -2.39. The maximum absolute atomic E-state index is 4.44. The topological polar surface area (TPSA) is 32.3 Å². The summed E-state index contributed by atoms with van der Waals surface area (Å²) in [5.74, 6) is 0.919. The lowest BCUT2D eigenvalue weighted by atomic mass is 9.96. The van der Waals surface area contributed by atoms with Crippen LogP contribution in [0.5, 0.6) is 0 Å². The highest BCUT2D eigenvalue weighted by Gasteiger charge is 2.26. The molecular formula is C24H28N4. The molecule has 0 aliphatic carbocycles. The average molecular weight is 373 g/mol. The Morgan fingerprint density at radius 2 is 1.32 bits per heavy atom. The van der Waals surface area contributed by atoms with Crippen molar-refractivity contribution < 1.29 is 0 Å². The van der Waals surface area contributed by atoms with Gasteiger partial charge in [0.2, 0.25) is 0 Å². The Morgan fingerprint density at radius 3 is 1.82 bits per heavy atom. The second-order valence-corrected chi connectivity index (χ2v) is 7.40. The molecule has 0 bridgehead atoms. The van der Waals surface area contributed by atoms with Gasteiger partial charge in [-0.3, -0.25) is 9.80 Å². The molecule has 1 saturated heterocycles. The average Bonchev–Trinajstić information content (AvgIpc) is 2.77. The van der Waals surface area contributed by atoms with Gasteiger partial charge in [-0.05, 0) is 11.1 Å². The van der Waals surface area contributed by atoms with Gasteiger partial charge in [-0.1, -0.05) is 67.6 Å². The molecule has 0 N–H and O–H groups in total.